The summed E-state index contributed by atoms with van der Waals surface area (Å²) >= 11 is 6.04. The highest BCUT2D eigenvalue weighted by molar-refractivity contribution is 6.31. The van der Waals surface area contributed by atoms with E-state index < -0.39 is 0 Å². The number of benzene rings is 1. The Morgan fingerprint density at radius 2 is 2.16 bits per heavy atom. The van der Waals surface area contributed by atoms with E-state index in [-0.39, 0.29) is 0 Å². The zero-order chi connectivity index (χ0) is 13.8. The molecule has 2 rings (SSSR count). The maximum absolute atomic E-state index is 6.04. The Kier molecular flexibility index (Phi) is 4.61. The molecule has 0 spiro atoms. The Hall–Kier alpha value is -1.32. The largest absolute Gasteiger partial charge is 0.443 e. The number of aromatic nitrogens is 1. The fourth-order valence-corrected chi connectivity index (χ4v) is 2.01. The number of nitrogens with zero attached hydrogens (tertiary/aromatic N) is 1. The topological polar surface area (TPSA) is 38.1 Å². The van der Waals surface area contributed by atoms with Crippen LogP contribution in [-0.4, -0.2) is 11.5 Å². The molecule has 1 aromatic carbocycles. The van der Waals surface area contributed by atoms with Crippen LogP contribution in [0.25, 0.3) is 11.3 Å². The fraction of sp³-hybridized carbons (Fsp3) is 0.400. The zero-order valence-electron chi connectivity index (χ0n) is 11.5. The standard InChI is InChI=1S/C15H19ClN2O/c1-10(2)7-17-8-14-15(19-9-18-14)12-4-5-13(16)11(3)6-12/h4-6,9-10,17H,7-8H2,1-3H3. The highest BCUT2D eigenvalue weighted by atomic mass is 35.5. The maximum Gasteiger partial charge on any atom is 0.181 e. The molecular weight excluding hydrogens is 260 g/mol. The Balaban J connectivity index is 2.16. The summed E-state index contributed by atoms with van der Waals surface area (Å²) in [6.45, 7) is 8.02. The molecular formula is C15H19ClN2O. The van der Waals surface area contributed by atoms with Gasteiger partial charge in [0.25, 0.3) is 0 Å². The average Bonchev–Trinajstić information content (AvgIpc) is 2.80. The van der Waals surface area contributed by atoms with E-state index in [1.165, 1.54) is 6.39 Å². The van der Waals surface area contributed by atoms with Gasteiger partial charge in [-0.15, -0.1) is 0 Å². The molecule has 0 fully saturated rings. The molecule has 0 atom stereocenters. The van der Waals surface area contributed by atoms with Gasteiger partial charge in [-0.05, 0) is 43.1 Å². The van der Waals surface area contributed by atoms with Gasteiger partial charge in [-0.2, -0.15) is 0 Å². The lowest BCUT2D eigenvalue weighted by molar-refractivity contribution is 0.545. The minimum atomic E-state index is 0.619. The summed E-state index contributed by atoms with van der Waals surface area (Å²) in [6.07, 6.45) is 1.49. The quantitative estimate of drug-likeness (QED) is 0.897. The Labute approximate surface area is 119 Å². The second-order valence-electron chi connectivity index (χ2n) is 5.12. The van der Waals surface area contributed by atoms with Crippen LogP contribution < -0.4 is 5.32 Å². The van der Waals surface area contributed by atoms with Gasteiger partial charge < -0.3 is 9.73 Å². The summed E-state index contributed by atoms with van der Waals surface area (Å²) in [5.74, 6) is 1.43. The highest BCUT2D eigenvalue weighted by Crippen LogP contribution is 2.27. The number of halogens is 1. The Morgan fingerprint density at radius 3 is 2.84 bits per heavy atom. The molecule has 0 saturated heterocycles. The molecule has 0 aliphatic carbocycles. The van der Waals surface area contributed by atoms with Crippen molar-refractivity contribution in [1.29, 1.82) is 0 Å². The van der Waals surface area contributed by atoms with Crippen LogP contribution in [-0.2, 0) is 6.54 Å². The molecule has 19 heavy (non-hydrogen) atoms. The van der Waals surface area contributed by atoms with Gasteiger partial charge in [0.2, 0.25) is 0 Å². The monoisotopic (exact) mass is 278 g/mol. The molecule has 0 radical (unpaired) electrons. The van der Waals surface area contributed by atoms with Crippen LogP contribution >= 0.6 is 11.6 Å². The van der Waals surface area contributed by atoms with Crippen LogP contribution in [0.2, 0.25) is 5.02 Å². The lowest BCUT2D eigenvalue weighted by atomic mass is 10.1. The van der Waals surface area contributed by atoms with Crippen LogP contribution in [0.1, 0.15) is 25.1 Å². The normalized spacial score (nSPS) is 11.2. The first-order valence-electron chi connectivity index (χ1n) is 6.47. The van der Waals surface area contributed by atoms with Crippen LogP contribution in [0.3, 0.4) is 0 Å². The summed E-state index contributed by atoms with van der Waals surface area (Å²) in [7, 11) is 0. The first-order chi connectivity index (χ1) is 9.08. The van der Waals surface area contributed by atoms with E-state index in [4.69, 9.17) is 16.0 Å². The van der Waals surface area contributed by atoms with Crippen molar-refractivity contribution >= 4 is 11.6 Å². The van der Waals surface area contributed by atoms with Crippen LogP contribution in [0, 0.1) is 12.8 Å². The number of aryl methyl sites for hydroxylation is 1. The number of rotatable bonds is 5. The Morgan fingerprint density at radius 1 is 1.37 bits per heavy atom. The molecule has 3 nitrogen and oxygen atoms in total. The molecule has 1 heterocycles. The third-order valence-corrected chi connectivity index (χ3v) is 3.33. The lowest BCUT2D eigenvalue weighted by Crippen LogP contribution is -2.19. The molecule has 0 amide bonds. The second kappa shape index (κ2) is 6.22. The minimum absolute atomic E-state index is 0.619. The lowest BCUT2D eigenvalue weighted by Gasteiger charge is -2.07. The molecule has 2 aromatic rings. The zero-order valence-corrected chi connectivity index (χ0v) is 12.3. The van der Waals surface area contributed by atoms with E-state index in [2.05, 4.69) is 24.1 Å². The molecule has 1 N–H and O–H groups in total. The van der Waals surface area contributed by atoms with Gasteiger partial charge in [0.15, 0.2) is 12.2 Å². The highest BCUT2D eigenvalue weighted by Gasteiger charge is 2.11. The number of hydrogen-bond donors (Lipinski definition) is 1. The molecule has 4 heteroatoms. The van der Waals surface area contributed by atoms with Crippen molar-refractivity contribution in [2.75, 3.05) is 6.54 Å². The van der Waals surface area contributed by atoms with Gasteiger partial charge >= 0.3 is 0 Å². The van der Waals surface area contributed by atoms with E-state index in [0.717, 1.165) is 34.1 Å². The van der Waals surface area contributed by atoms with Gasteiger partial charge in [0, 0.05) is 17.1 Å². The first-order valence-corrected chi connectivity index (χ1v) is 6.85. The van der Waals surface area contributed by atoms with Gasteiger partial charge in [0.05, 0.1) is 0 Å². The first kappa shape index (κ1) is 14.1. The maximum atomic E-state index is 6.04. The molecule has 102 valence electrons. The fourth-order valence-electron chi connectivity index (χ4n) is 1.90. The van der Waals surface area contributed by atoms with Crippen molar-refractivity contribution in [1.82, 2.24) is 10.3 Å². The summed E-state index contributed by atoms with van der Waals surface area (Å²) in [4.78, 5) is 4.28. The van der Waals surface area contributed by atoms with Crippen molar-refractivity contribution < 1.29 is 4.42 Å². The van der Waals surface area contributed by atoms with Crippen molar-refractivity contribution in [3.8, 4) is 11.3 Å². The van der Waals surface area contributed by atoms with Crippen LogP contribution in [0.4, 0.5) is 0 Å². The van der Waals surface area contributed by atoms with Crippen LogP contribution in [0.15, 0.2) is 29.0 Å². The van der Waals surface area contributed by atoms with E-state index in [1.807, 2.05) is 25.1 Å². The van der Waals surface area contributed by atoms with E-state index in [0.29, 0.717) is 12.5 Å². The van der Waals surface area contributed by atoms with Gasteiger partial charge in [-0.3, -0.25) is 0 Å². The van der Waals surface area contributed by atoms with E-state index in [1.54, 1.807) is 0 Å². The van der Waals surface area contributed by atoms with E-state index in [9.17, 15) is 0 Å². The summed E-state index contributed by atoms with van der Waals surface area (Å²) in [5, 5.41) is 4.14. The number of nitrogens with one attached hydrogen (secondary N) is 1. The summed E-state index contributed by atoms with van der Waals surface area (Å²) in [6, 6.07) is 5.87. The average molecular weight is 279 g/mol. The van der Waals surface area contributed by atoms with Crippen LogP contribution in [0.5, 0.6) is 0 Å². The molecule has 0 saturated carbocycles. The summed E-state index contributed by atoms with van der Waals surface area (Å²) in [5.41, 5.74) is 2.99. The Bertz CT molecular complexity index is 549. The van der Waals surface area contributed by atoms with Gasteiger partial charge in [-0.1, -0.05) is 25.4 Å². The summed E-state index contributed by atoms with van der Waals surface area (Å²) < 4.78 is 5.51. The molecule has 0 aliphatic heterocycles. The van der Waals surface area contributed by atoms with Crippen molar-refractivity contribution in [3.05, 3.63) is 40.9 Å². The SMILES string of the molecule is Cc1cc(-c2ocnc2CNCC(C)C)ccc1Cl. The van der Waals surface area contributed by atoms with Gasteiger partial charge in [-0.25, -0.2) is 4.98 Å². The van der Waals surface area contributed by atoms with Crippen molar-refractivity contribution in [3.63, 3.8) is 0 Å². The van der Waals surface area contributed by atoms with Gasteiger partial charge in [0.1, 0.15) is 5.69 Å². The molecule has 1 aromatic heterocycles. The number of hydrogen-bond acceptors (Lipinski definition) is 3. The predicted octanol–water partition coefficient (Wildman–Crippen LogP) is 4.05. The second-order valence-corrected chi connectivity index (χ2v) is 5.52. The molecule has 0 bridgehead atoms. The molecule has 0 aliphatic rings. The van der Waals surface area contributed by atoms with E-state index >= 15 is 0 Å². The smallest absolute Gasteiger partial charge is 0.181 e. The number of oxazole rings is 1. The van der Waals surface area contributed by atoms with Crippen molar-refractivity contribution in [2.45, 2.75) is 27.3 Å². The van der Waals surface area contributed by atoms with Crippen molar-refractivity contribution in [2.24, 2.45) is 5.92 Å². The minimum Gasteiger partial charge on any atom is -0.443 e. The third kappa shape index (κ3) is 3.58. The third-order valence-electron chi connectivity index (χ3n) is 2.91. The molecule has 0 unspecified atom stereocenters. The predicted molar refractivity (Wildman–Crippen MR) is 78.2 cm³/mol.